The second-order valence-electron chi connectivity index (χ2n) is 3.43. The quantitative estimate of drug-likeness (QED) is 0.846. The van der Waals surface area contributed by atoms with Crippen LogP contribution in [0.3, 0.4) is 0 Å². The van der Waals surface area contributed by atoms with E-state index in [1.165, 1.54) is 6.33 Å². The van der Waals surface area contributed by atoms with Crippen molar-refractivity contribution in [2.24, 2.45) is 0 Å². The van der Waals surface area contributed by atoms with E-state index in [1.54, 1.807) is 31.2 Å². The van der Waals surface area contributed by atoms with Gasteiger partial charge < -0.3 is 10.5 Å². The molecule has 0 radical (unpaired) electrons. The van der Waals surface area contributed by atoms with Gasteiger partial charge in [-0.25, -0.2) is 9.97 Å². The van der Waals surface area contributed by atoms with E-state index in [2.05, 4.69) is 9.97 Å². The molecule has 0 amide bonds. The molecule has 0 aliphatic heterocycles. The molecule has 0 aliphatic rings. The Hall–Kier alpha value is -2.61. The van der Waals surface area contributed by atoms with E-state index in [1.807, 2.05) is 6.07 Å². The van der Waals surface area contributed by atoms with Crippen LogP contribution in [-0.2, 0) is 0 Å². The summed E-state index contributed by atoms with van der Waals surface area (Å²) in [4.78, 5) is 7.84. The lowest BCUT2D eigenvalue weighted by molar-refractivity contribution is 0.458. The zero-order valence-electron chi connectivity index (χ0n) is 9.21. The third-order valence-corrected chi connectivity index (χ3v) is 2.25. The van der Waals surface area contributed by atoms with Gasteiger partial charge in [0, 0.05) is 0 Å². The molecule has 0 saturated heterocycles. The van der Waals surface area contributed by atoms with Crippen LogP contribution in [0.2, 0.25) is 0 Å². The first-order valence-corrected chi connectivity index (χ1v) is 4.96. The summed E-state index contributed by atoms with van der Waals surface area (Å²) >= 11 is 0. The van der Waals surface area contributed by atoms with E-state index >= 15 is 0 Å². The molecule has 1 heterocycles. The molecule has 0 bridgehead atoms. The van der Waals surface area contributed by atoms with Crippen molar-refractivity contribution in [3.8, 4) is 17.7 Å². The molecular weight excluding hydrogens is 216 g/mol. The number of hydrogen-bond acceptors (Lipinski definition) is 5. The fraction of sp³-hybridized carbons (Fsp3) is 0.0833. The monoisotopic (exact) mass is 226 g/mol. The molecule has 1 aromatic heterocycles. The van der Waals surface area contributed by atoms with Gasteiger partial charge in [0.2, 0.25) is 5.88 Å². The highest BCUT2D eigenvalue weighted by atomic mass is 16.5. The number of nitrogens with two attached hydrogens (primary N) is 1. The molecular formula is C12H10N4O. The smallest absolute Gasteiger partial charge is 0.227 e. The van der Waals surface area contributed by atoms with Gasteiger partial charge in [-0.3, -0.25) is 0 Å². The minimum absolute atomic E-state index is 0.381. The summed E-state index contributed by atoms with van der Waals surface area (Å²) in [6.07, 6.45) is 1.34. The number of nitrogens with zero attached hydrogens (tertiary/aromatic N) is 3. The standard InChI is InChI=1S/C12H10N4O/c1-8-11(14)15-7-16-12(8)17-10-4-2-3-9(5-10)6-13/h2-5,7H,1H3,(H2,14,15,16). The lowest BCUT2D eigenvalue weighted by atomic mass is 10.2. The van der Waals surface area contributed by atoms with Crippen LogP contribution in [0.1, 0.15) is 11.1 Å². The van der Waals surface area contributed by atoms with E-state index in [0.29, 0.717) is 28.6 Å². The summed E-state index contributed by atoms with van der Waals surface area (Å²) in [5.74, 6) is 1.32. The Morgan fingerprint density at radius 1 is 1.35 bits per heavy atom. The first-order chi connectivity index (χ1) is 8.20. The van der Waals surface area contributed by atoms with Crippen molar-refractivity contribution >= 4 is 5.82 Å². The molecule has 0 saturated carbocycles. The minimum Gasteiger partial charge on any atom is -0.439 e. The van der Waals surface area contributed by atoms with Crippen LogP contribution >= 0.6 is 0 Å². The highest BCUT2D eigenvalue weighted by Gasteiger charge is 2.06. The molecule has 2 aromatic rings. The van der Waals surface area contributed by atoms with E-state index in [9.17, 15) is 0 Å². The molecule has 0 fully saturated rings. The second-order valence-corrected chi connectivity index (χ2v) is 3.43. The van der Waals surface area contributed by atoms with Gasteiger partial charge in [-0.2, -0.15) is 5.26 Å². The Labute approximate surface area is 98.5 Å². The Balaban J connectivity index is 2.32. The molecule has 2 N–H and O–H groups in total. The third-order valence-electron chi connectivity index (χ3n) is 2.25. The molecule has 5 nitrogen and oxygen atoms in total. The lowest BCUT2D eigenvalue weighted by Gasteiger charge is -2.08. The zero-order chi connectivity index (χ0) is 12.3. The summed E-state index contributed by atoms with van der Waals surface area (Å²) in [6.45, 7) is 1.78. The molecule has 1 aromatic carbocycles. The van der Waals surface area contributed by atoms with Crippen LogP contribution in [0, 0.1) is 18.3 Å². The lowest BCUT2D eigenvalue weighted by Crippen LogP contribution is -1.99. The van der Waals surface area contributed by atoms with Gasteiger partial charge in [-0.15, -0.1) is 0 Å². The summed E-state index contributed by atoms with van der Waals surface area (Å²) < 4.78 is 5.55. The van der Waals surface area contributed by atoms with Gasteiger partial charge in [-0.1, -0.05) is 6.07 Å². The molecule has 0 spiro atoms. The average Bonchev–Trinajstić information content (AvgIpc) is 2.35. The van der Waals surface area contributed by atoms with Gasteiger partial charge in [0.15, 0.2) is 0 Å². The Morgan fingerprint density at radius 2 is 2.18 bits per heavy atom. The van der Waals surface area contributed by atoms with Crippen molar-refractivity contribution in [1.82, 2.24) is 9.97 Å². The van der Waals surface area contributed by atoms with Crippen molar-refractivity contribution in [1.29, 1.82) is 5.26 Å². The number of nitriles is 1. The molecule has 0 atom stereocenters. The Bertz CT molecular complexity index is 589. The zero-order valence-corrected chi connectivity index (χ0v) is 9.21. The number of anilines is 1. The van der Waals surface area contributed by atoms with Crippen molar-refractivity contribution < 1.29 is 4.74 Å². The van der Waals surface area contributed by atoms with Gasteiger partial charge in [0.1, 0.15) is 17.9 Å². The number of nitrogen functional groups attached to an aromatic ring is 1. The summed E-state index contributed by atoms with van der Waals surface area (Å²) in [6, 6.07) is 8.87. The van der Waals surface area contributed by atoms with Gasteiger partial charge in [-0.05, 0) is 25.1 Å². The van der Waals surface area contributed by atoms with E-state index in [-0.39, 0.29) is 0 Å². The predicted molar refractivity (Wildman–Crippen MR) is 62.4 cm³/mol. The summed E-state index contributed by atoms with van der Waals surface area (Å²) in [7, 11) is 0. The highest BCUT2D eigenvalue weighted by Crippen LogP contribution is 2.24. The highest BCUT2D eigenvalue weighted by molar-refractivity contribution is 5.45. The molecule has 0 aliphatic carbocycles. The van der Waals surface area contributed by atoms with Crippen LogP contribution in [0.5, 0.6) is 11.6 Å². The van der Waals surface area contributed by atoms with Gasteiger partial charge >= 0.3 is 0 Å². The minimum atomic E-state index is 0.381. The average molecular weight is 226 g/mol. The van der Waals surface area contributed by atoms with Crippen molar-refractivity contribution in [2.45, 2.75) is 6.92 Å². The maximum absolute atomic E-state index is 8.78. The predicted octanol–water partition coefficient (Wildman–Crippen LogP) is 2.03. The number of rotatable bonds is 2. The van der Waals surface area contributed by atoms with E-state index in [4.69, 9.17) is 15.7 Å². The largest absolute Gasteiger partial charge is 0.439 e. The fourth-order valence-electron chi connectivity index (χ4n) is 1.29. The number of aromatic nitrogens is 2. The molecule has 2 rings (SSSR count). The van der Waals surface area contributed by atoms with Gasteiger partial charge in [0.25, 0.3) is 0 Å². The first kappa shape index (κ1) is 10.9. The second kappa shape index (κ2) is 4.49. The maximum atomic E-state index is 8.78. The number of hydrogen-bond donors (Lipinski definition) is 1. The first-order valence-electron chi connectivity index (χ1n) is 4.96. The Morgan fingerprint density at radius 3 is 2.94 bits per heavy atom. The van der Waals surface area contributed by atoms with Crippen LogP contribution in [0.4, 0.5) is 5.82 Å². The molecule has 17 heavy (non-hydrogen) atoms. The third kappa shape index (κ3) is 2.32. The fourth-order valence-corrected chi connectivity index (χ4v) is 1.29. The van der Waals surface area contributed by atoms with Crippen molar-refractivity contribution in [3.05, 3.63) is 41.7 Å². The SMILES string of the molecule is Cc1c(N)ncnc1Oc1cccc(C#N)c1. The topological polar surface area (TPSA) is 84.8 Å². The molecule has 0 unspecified atom stereocenters. The molecule has 5 heteroatoms. The van der Waals surface area contributed by atoms with Crippen molar-refractivity contribution in [3.63, 3.8) is 0 Å². The summed E-state index contributed by atoms with van der Waals surface area (Å²) in [5, 5.41) is 8.78. The maximum Gasteiger partial charge on any atom is 0.227 e. The van der Waals surface area contributed by atoms with Crippen LogP contribution in [0.25, 0.3) is 0 Å². The van der Waals surface area contributed by atoms with Crippen molar-refractivity contribution in [2.75, 3.05) is 5.73 Å². The normalized spacial score (nSPS) is 9.65. The van der Waals surface area contributed by atoms with E-state index < -0.39 is 0 Å². The number of benzene rings is 1. The van der Waals surface area contributed by atoms with E-state index in [0.717, 1.165) is 0 Å². The van der Waals surface area contributed by atoms with Crippen LogP contribution in [0.15, 0.2) is 30.6 Å². The molecule has 84 valence electrons. The Kier molecular flexibility index (Phi) is 2.88. The number of ether oxygens (including phenoxy) is 1. The summed E-state index contributed by atoms with van der Waals surface area (Å²) in [5.41, 5.74) is 6.85. The van der Waals surface area contributed by atoms with Gasteiger partial charge in [0.05, 0.1) is 17.2 Å². The van der Waals surface area contributed by atoms with Crippen LogP contribution in [-0.4, -0.2) is 9.97 Å². The van der Waals surface area contributed by atoms with Crippen LogP contribution < -0.4 is 10.5 Å².